The molecule has 306 valence electrons. The Morgan fingerprint density at radius 1 is 0.797 bits per heavy atom. The van der Waals surface area contributed by atoms with Crippen LogP contribution in [-0.4, -0.2) is 69.6 Å². The fourth-order valence-corrected chi connectivity index (χ4v) is 8.54. The number of aromatic nitrogens is 4. The van der Waals surface area contributed by atoms with Crippen LogP contribution in [0.5, 0.6) is 11.5 Å². The quantitative estimate of drug-likeness (QED) is 0.0448. The van der Waals surface area contributed by atoms with E-state index >= 15 is 0 Å². The highest BCUT2D eigenvalue weighted by molar-refractivity contribution is 7.44. The van der Waals surface area contributed by atoms with E-state index in [1.807, 2.05) is 89.5 Å². The first kappa shape index (κ1) is 42.9. The summed E-state index contributed by atoms with van der Waals surface area (Å²) in [5.41, 5.74) is 2.84. The zero-order valence-electron chi connectivity index (χ0n) is 34.2. The van der Waals surface area contributed by atoms with Crippen LogP contribution in [-0.2, 0) is 32.5 Å². The lowest BCUT2D eigenvalue weighted by atomic mass is 9.80. The van der Waals surface area contributed by atoms with Crippen molar-refractivity contribution in [3.05, 3.63) is 144 Å². The van der Waals surface area contributed by atoms with E-state index in [-0.39, 0.29) is 50.1 Å². The van der Waals surface area contributed by atoms with Gasteiger partial charge in [0.25, 0.3) is 14.4 Å². The van der Waals surface area contributed by atoms with Crippen LogP contribution in [0.15, 0.2) is 116 Å². The molecule has 0 spiro atoms. The predicted molar refractivity (Wildman–Crippen MR) is 228 cm³/mol. The number of benzene rings is 4. The number of ether oxygens (including phenoxy) is 3. The van der Waals surface area contributed by atoms with Gasteiger partial charge in [0.15, 0.2) is 17.0 Å². The monoisotopic (exact) mass is 815 g/mol. The number of anilines is 1. The molecule has 2 heterocycles. The third-order valence-electron chi connectivity index (χ3n) is 9.65. The van der Waals surface area contributed by atoms with E-state index in [1.54, 1.807) is 38.5 Å². The standard InChI is InChI=1S/C45H50N7O6P/c1-32(2)52(33(3)4)59(57-28-13-26-46)58-29-27-51-40(49-41-42(47-31-48-43(41)51)50-44(53)34-14-9-7-10-15-34)30-56-45(35-16-11-8-12-17-35,36-18-22-38(54-5)23-19-36)37-20-24-39(55-6)25-21-37/h7-12,14-25,31-33H,13,27-30H2,1-6H3,(H,47,48,50,53). The second-order valence-electron chi connectivity index (χ2n) is 14.1. The summed E-state index contributed by atoms with van der Waals surface area (Å²) in [6.45, 7) is 9.18. The fourth-order valence-electron chi connectivity index (χ4n) is 6.96. The van der Waals surface area contributed by atoms with Gasteiger partial charge in [-0.1, -0.05) is 72.8 Å². The third kappa shape index (κ3) is 9.94. The normalized spacial score (nSPS) is 12.2. The van der Waals surface area contributed by atoms with Gasteiger partial charge < -0.3 is 33.1 Å². The molecular weight excluding hydrogens is 766 g/mol. The molecule has 0 bridgehead atoms. The smallest absolute Gasteiger partial charge is 0.259 e. The van der Waals surface area contributed by atoms with E-state index < -0.39 is 14.1 Å². The maximum atomic E-state index is 13.4. The molecular formula is C45H50N7O6P. The minimum Gasteiger partial charge on any atom is -0.497 e. The van der Waals surface area contributed by atoms with Crippen molar-refractivity contribution in [1.29, 1.82) is 5.26 Å². The summed E-state index contributed by atoms with van der Waals surface area (Å²) in [5, 5.41) is 12.2. The van der Waals surface area contributed by atoms with Gasteiger partial charge in [-0.25, -0.2) is 19.6 Å². The number of rotatable bonds is 20. The van der Waals surface area contributed by atoms with Gasteiger partial charge in [0.1, 0.15) is 35.9 Å². The van der Waals surface area contributed by atoms with Crippen LogP contribution in [0.4, 0.5) is 5.82 Å². The molecule has 59 heavy (non-hydrogen) atoms. The molecule has 2 aromatic heterocycles. The van der Waals surface area contributed by atoms with E-state index in [1.165, 1.54) is 6.33 Å². The highest BCUT2D eigenvalue weighted by Gasteiger charge is 2.39. The Morgan fingerprint density at radius 2 is 1.36 bits per heavy atom. The van der Waals surface area contributed by atoms with Crippen molar-refractivity contribution < 1.29 is 28.1 Å². The van der Waals surface area contributed by atoms with Gasteiger partial charge in [0.2, 0.25) is 0 Å². The van der Waals surface area contributed by atoms with E-state index in [0.717, 1.165) is 16.7 Å². The van der Waals surface area contributed by atoms with Gasteiger partial charge in [-0.2, -0.15) is 5.26 Å². The van der Waals surface area contributed by atoms with Crippen molar-refractivity contribution in [1.82, 2.24) is 24.2 Å². The van der Waals surface area contributed by atoms with E-state index in [0.29, 0.717) is 40.6 Å². The summed E-state index contributed by atoms with van der Waals surface area (Å²) in [5.74, 6) is 1.88. The topological polar surface area (TPSA) is 146 Å². The van der Waals surface area contributed by atoms with Crippen LogP contribution >= 0.6 is 8.53 Å². The fraction of sp³-hybridized carbons (Fsp3) is 0.311. The van der Waals surface area contributed by atoms with Crippen LogP contribution < -0.4 is 14.8 Å². The summed E-state index contributed by atoms with van der Waals surface area (Å²) >= 11 is 0. The number of amides is 1. The van der Waals surface area contributed by atoms with Crippen molar-refractivity contribution in [2.24, 2.45) is 0 Å². The van der Waals surface area contributed by atoms with Gasteiger partial charge in [-0.05, 0) is 80.8 Å². The number of nitrogens with zero attached hydrogens (tertiary/aromatic N) is 6. The van der Waals surface area contributed by atoms with Crippen LogP contribution in [0.2, 0.25) is 0 Å². The Hall–Kier alpha value is -5.74. The number of nitrogens with one attached hydrogen (secondary N) is 1. The number of carbonyl (C=O) groups is 1. The highest BCUT2D eigenvalue weighted by Crippen LogP contribution is 2.46. The first-order valence-corrected chi connectivity index (χ1v) is 20.6. The summed E-state index contributed by atoms with van der Waals surface area (Å²) in [4.78, 5) is 27.6. The molecule has 0 fully saturated rings. The number of methoxy groups -OCH3 is 2. The average molecular weight is 816 g/mol. The van der Waals surface area contributed by atoms with Crippen LogP contribution in [0.1, 0.15) is 67.0 Å². The summed E-state index contributed by atoms with van der Waals surface area (Å²) in [6, 6.07) is 37.0. The maximum absolute atomic E-state index is 13.4. The van der Waals surface area contributed by atoms with Gasteiger partial charge in [0.05, 0.1) is 39.9 Å². The zero-order valence-corrected chi connectivity index (χ0v) is 35.1. The first-order chi connectivity index (χ1) is 28.7. The Kier molecular flexibility index (Phi) is 14.7. The Bertz CT molecular complexity index is 2240. The van der Waals surface area contributed by atoms with E-state index in [4.69, 9.17) is 28.2 Å². The van der Waals surface area contributed by atoms with Crippen LogP contribution in [0.3, 0.4) is 0 Å². The number of nitriles is 1. The van der Waals surface area contributed by atoms with Gasteiger partial charge in [0, 0.05) is 24.2 Å². The van der Waals surface area contributed by atoms with Gasteiger partial charge in [-0.15, -0.1) is 0 Å². The number of fused-ring (bicyclic) bond motifs is 1. The van der Waals surface area contributed by atoms with Crippen LogP contribution in [0, 0.1) is 11.3 Å². The second-order valence-corrected chi connectivity index (χ2v) is 15.5. The Labute approximate surface area is 346 Å². The Balaban J connectivity index is 1.44. The minimum atomic E-state index is -1.51. The number of hydrogen-bond acceptors (Lipinski definition) is 11. The summed E-state index contributed by atoms with van der Waals surface area (Å²) in [6.07, 6.45) is 1.66. The molecule has 1 amide bonds. The SMILES string of the molecule is COc1ccc(C(OCc2nc3c(NC(=O)c4ccccc4)ncnc3n2CCOP(OCCC#N)N(C(C)C)C(C)C)(c2ccccc2)c2ccc(OC)cc2)cc1. The molecule has 0 saturated carbocycles. The molecule has 1 unspecified atom stereocenters. The Morgan fingerprint density at radius 3 is 1.92 bits per heavy atom. The van der Waals surface area contributed by atoms with Gasteiger partial charge in [-0.3, -0.25) is 4.79 Å². The molecule has 4 aromatic carbocycles. The first-order valence-electron chi connectivity index (χ1n) is 19.5. The molecule has 6 rings (SSSR count). The third-order valence-corrected chi connectivity index (χ3v) is 11.8. The van der Waals surface area contributed by atoms with E-state index in [2.05, 4.69) is 53.7 Å². The maximum Gasteiger partial charge on any atom is 0.259 e. The predicted octanol–water partition coefficient (Wildman–Crippen LogP) is 8.90. The number of imidazole rings is 1. The molecule has 0 aliphatic rings. The summed E-state index contributed by atoms with van der Waals surface area (Å²) < 4.78 is 35.2. The largest absolute Gasteiger partial charge is 0.497 e. The molecule has 1 atom stereocenters. The van der Waals surface area contributed by atoms with Crippen molar-refractivity contribution in [3.8, 4) is 17.6 Å². The van der Waals surface area contributed by atoms with Gasteiger partial charge >= 0.3 is 0 Å². The van der Waals surface area contributed by atoms with Crippen molar-refractivity contribution >= 4 is 31.4 Å². The lowest BCUT2D eigenvalue weighted by Gasteiger charge is -2.36. The lowest BCUT2D eigenvalue weighted by molar-refractivity contribution is -0.00456. The van der Waals surface area contributed by atoms with Crippen molar-refractivity contribution in [3.63, 3.8) is 0 Å². The average Bonchev–Trinajstić information content (AvgIpc) is 3.62. The molecule has 0 aliphatic carbocycles. The number of carbonyl (C=O) groups excluding carboxylic acids is 1. The molecule has 0 saturated heterocycles. The van der Waals surface area contributed by atoms with E-state index in [9.17, 15) is 10.1 Å². The molecule has 14 heteroatoms. The zero-order chi connectivity index (χ0) is 41.8. The van der Waals surface area contributed by atoms with Crippen molar-refractivity contribution in [2.75, 3.05) is 32.8 Å². The molecule has 0 aliphatic heterocycles. The highest BCUT2D eigenvalue weighted by atomic mass is 31.2. The van der Waals surface area contributed by atoms with Crippen LogP contribution in [0.25, 0.3) is 11.2 Å². The number of hydrogen-bond donors (Lipinski definition) is 1. The molecule has 1 N–H and O–H groups in total. The van der Waals surface area contributed by atoms with Crippen molar-refractivity contribution in [2.45, 2.75) is 65.0 Å². The lowest BCUT2D eigenvalue weighted by Crippen LogP contribution is -2.34. The molecule has 6 aromatic rings. The summed E-state index contributed by atoms with van der Waals surface area (Å²) in [7, 11) is 1.76. The second kappa shape index (κ2) is 20.3. The molecule has 0 radical (unpaired) electrons. The molecule has 13 nitrogen and oxygen atoms in total. The minimum absolute atomic E-state index is 0.00687.